The molecule has 0 unspecified atom stereocenters. The first-order valence-electron chi connectivity index (χ1n) is 8.43. The quantitative estimate of drug-likeness (QED) is 0.443. The second kappa shape index (κ2) is 5.58. The van der Waals surface area contributed by atoms with Crippen molar-refractivity contribution in [3.8, 4) is 5.69 Å². The molecule has 0 aliphatic carbocycles. The van der Waals surface area contributed by atoms with Crippen LogP contribution in [-0.2, 0) is 12.8 Å². The lowest BCUT2D eigenvalue weighted by Crippen LogP contribution is -1.97. The number of benzene rings is 3. The molecule has 1 heteroatoms. The number of hydrogen-bond acceptors (Lipinski definition) is 0. The third-order valence-corrected chi connectivity index (χ3v) is 4.69. The number of nitrogens with zero attached hydrogens (tertiary/aromatic N) is 1. The molecule has 114 valence electrons. The Morgan fingerprint density at radius 2 is 1.13 bits per heavy atom. The highest BCUT2D eigenvalue weighted by atomic mass is 15.0. The molecule has 0 bridgehead atoms. The number of aromatic nitrogens is 1. The predicted molar refractivity (Wildman–Crippen MR) is 99.5 cm³/mol. The normalized spacial score (nSPS) is 11.4. The summed E-state index contributed by atoms with van der Waals surface area (Å²) in [6.07, 6.45) is 2.13. The van der Waals surface area contributed by atoms with E-state index in [0.29, 0.717) is 0 Å². The van der Waals surface area contributed by atoms with E-state index in [4.69, 9.17) is 0 Å². The van der Waals surface area contributed by atoms with Crippen LogP contribution in [0.1, 0.15) is 25.0 Å². The lowest BCUT2D eigenvalue weighted by atomic mass is 10.1. The lowest BCUT2D eigenvalue weighted by Gasteiger charge is -2.12. The van der Waals surface area contributed by atoms with E-state index in [2.05, 4.69) is 85.1 Å². The van der Waals surface area contributed by atoms with Crippen molar-refractivity contribution < 1.29 is 0 Å². The van der Waals surface area contributed by atoms with E-state index >= 15 is 0 Å². The van der Waals surface area contributed by atoms with Crippen molar-refractivity contribution in [1.82, 2.24) is 4.57 Å². The molecule has 1 aromatic heterocycles. The summed E-state index contributed by atoms with van der Waals surface area (Å²) in [5.41, 5.74) is 6.65. The maximum atomic E-state index is 2.41. The molecule has 0 fully saturated rings. The molecular weight excluding hydrogens is 278 g/mol. The number of hydrogen-bond donors (Lipinski definition) is 0. The zero-order chi connectivity index (χ0) is 15.8. The largest absolute Gasteiger partial charge is 0.309 e. The minimum Gasteiger partial charge on any atom is -0.309 e. The van der Waals surface area contributed by atoms with Crippen molar-refractivity contribution in [2.75, 3.05) is 0 Å². The molecule has 23 heavy (non-hydrogen) atoms. The summed E-state index contributed by atoms with van der Waals surface area (Å²) in [6.45, 7) is 4.45. The first-order valence-corrected chi connectivity index (χ1v) is 8.43. The summed E-state index contributed by atoms with van der Waals surface area (Å²) >= 11 is 0. The van der Waals surface area contributed by atoms with Crippen LogP contribution in [0, 0.1) is 0 Å². The highest BCUT2D eigenvalue weighted by Gasteiger charge is 2.12. The van der Waals surface area contributed by atoms with E-state index in [-0.39, 0.29) is 0 Å². The van der Waals surface area contributed by atoms with Crippen molar-refractivity contribution in [2.45, 2.75) is 26.7 Å². The summed E-state index contributed by atoms with van der Waals surface area (Å²) in [7, 11) is 0. The summed E-state index contributed by atoms with van der Waals surface area (Å²) in [5, 5.41) is 2.64. The van der Waals surface area contributed by atoms with E-state index in [0.717, 1.165) is 12.8 Å². The van der Waals surface area contributed by atoms with Crippen molar-refractivity contribution in [1.29, 1.82) is 0 Å². The third-order valence-electron chi connectivity index (χ3n) is 4.69. The zero-order valence-corrected chi connectivity index (χ0v) is 13.7. The Labute approximate surface area is 137 Å². The maximum Gasteiger partial charge on any atom is 0.0541 e. The van der Waals surface area contributed by atoms with E-state index in [1.165, 1.54) is 38.6 Å². The fourth-order valence-corrected chi connectivity index (χ4v) is 3.48. The number of rotatable bonds is 3. The molecule has 1 nitrogen and oxygen atoms in total. The fraction of sp³-hybridized carbons (Fsp3) is 0.182. The molecule has 0 atom stereocenters. The molecule has 1 heterocycles. The Morgan fingerprint density at radius 1 is 0.652 bits per heavy atom. The van der Waals surface area contributed by atoms with Crippen molar-refractivity contribution in [3.63, 3.8) is 0 Å². The Kier molecular flexibility index (Phi) is 3.42. The van der Waals surface area contributed by atoms with Gasteiger partial charge in [-0.25, -0.2) is 0 Å². The first-order chi connectivity index (χ1) is 11.3. The SMILES string of the molecule is CCc1cc(CC)cc(-n2c3ccccc3c3ccccc32)c1. The van der Waals surface area contributed by atoms with Gasteiger partial charge >= 0.3 is 0 Å². The highest BCUT2D eigenvalue weighted by molar-refractivity contribution is 6.09. The molecule has 0 saturated heterocycles. The summed E-state index contributed by atoms with van der Waals surface area (Å²) in [4.78, 5) is 0. The summed E-state index contributed by atoms with van der Waals surface area (Å²) in [5.74, 6) is 0. The van der Waals surface area contributed by atoms with E-state index in [1.54, 1.807) is 0 Å². The lowest BCUT2D eigenvalue weighted by molar-refractivity contribution is 1.06. The Morgan fingerprint density at radius 3 is 1.61 bits per heavy atom. The van der Waals surface area contributed by atoms with E-state index < -0.39 is 0 Å². The van der Waals surface area contributed by atoms with Gasteiger partial charge in [0, 0.05) is 16.5 Å². The van der Waals surface area contributed by atoms with Gasteiger partial charge < -0.3 is 4.57 Å². The molecule has 0 N–H and O–H groups in total. The number of fused-ring (bicyclic) bond motifs is 3. The van der Waals surface area contributed by atoms with Gasteiger partial charge in [-0.3, -0.25) is 0 Å². The van der Waals surface area contributed by atoms with Crippen molar-refractivity contribution in [3.05, 3.63) is 77.9 Å². The van der Waals surface area contributed by atoms with Crippen LogP contribution >= 0.6 is 0 Å². The molecule has 0 radical (unpaired) electrons. The van der Waals surface area contributed by atoms with Gasteiger partial charge in [-0.2, -0.15) is 0 Å². The van der Waals surface area contributed by atoms with Crippen LogP contribution in [0.2, 0.25) is 0 Å². The minimum absolute atomic E-state index is 1.07. The standard InChI is InChI=1S/C22H21N/c1-3-16-13-17(4-2)15-18(14-16)23-21-11-7-5-9-19(21)20-10-6-8-12-22(20)23/h5-15H,3-4H2,1-2H3. The van der Waals surface area contributed by atoms with Gasteiger partial charge in [0.2, 0.25) is 0 Å². The Bertz CT molecular complexity index is 916. The molecule has 0 aliphatic rings. The highest BCUT2D eigenvalue weighted by Crippen LogP contribution is 2.32. The van der Waals surface area contributed by atoms with Gasteiger partial charge in [-0.15, -0.1) is 0 Å². The van der Waals surface area contributed by atoms with Crippen LogP contribution in [0.4, 0.5) is 0 Å². The average Bonchev–Trinajstić information content (AvgIpc) is 2.96. The molecule has 4 aromatic rings. The monoisotopic (exact) mass is 299 g/mol. The van der Waals surface area contributed by atoms with Gasteiger partial charge in [0.1, 0.15) is 0 Å². The summed E-state index contributed by atoms with van der Waals surface area (Å²) < 4.78 is 2.41. The molecule has 3 aromatic carbocycles. The molecule has 0 amide bonds. The van der Waals surface area contributed by atoms with Crippen LogP contribution in [-0.4, -0.2) is 4.57 Å². The molecule has 4 rings (SSSR count). The zero-order valence-electron chi connectivity index (χ0n) is 13.7. The fourth-order valence-electron chi connectivity index (χ4n) is 3.48. The van der Waals surface area contributed by atoms with E-state index in [9.17, 15) is 0 Å². The Balaban J connectivity index is 2.12. The molecular formula is C22H21N. The van der Waals surface area contributed by atoms with Crippen LogP contribution < -0.4 is 0 Å². The second-order valence-corrected chi connectivity index (χ2v) is 6.08. The smallest absolute Gasteiger partial charge is 0.0541 e. The number of para-hydroxylation sites is 2. The van der Waals surface area contributed by atoms with E-state index in [1.807, 2.05) is 0 Å². The van der Waals surface area contributed by atoms with Crippen LogP contribution in [0.5, 0.6) is 0 Å². The van der Waals surface area contributed by atoms with Crippen molar-refractivity contribution >= 4 is 21.8 Å². The topological polar surface area (TPSA) is 4.93 Å². The van der Waals surface area contributed by atoms with Crippen molar-refractivity contribution in [2.24, 2.45) is 0 Å². The molecule has 0 saturated carbocycles. The first kappa shape index (κ1) is 14.1. The average molecular weight is 299 g/mol. The van der Waals surface area contributed by atoms with Gasteiger partial charge in [0.25, 0.3) is 0 Å². The van der Waals surface area contributed by atoms with Gasteiger partial charge in [0.15, 0.2) is 0 Å². The van der Waals surface area contributed by atoms with Gasteiger partial charge in [0.05, 0.1) is 11.0 Å². The van der Waals surface area contributed by atoms with Crippen LogP contribution in [0.15, 0.2) is 66.7 Å². The minimum atomic E-state index is 1.07. The molecule has 0 aliphatic heterocycles. The predicted octanol–water partition coefficient (Wildman–Crippen LogP) is 5.91. The van der Waals surface area contributed by atoms with Crippen LogP contribution in [0.3, 0.4) is 0 Å². The van der Waals surface area contributed by atoms with Gasteiger partial charge in [-0.1, -0.05) is 56.3 Å². The Hall–Kier alpha value is -2.54. The van der Waals surface area contributed by atoms with Crippen LogP contribution in [0.25, 0.3) is 27.5 Å². The second-order valence-electron chi connectivity index (χ2n) is 6.08. The molecule has 0 spiro atoms. The number of aryl methyl sites for hydroxylation is 2. The maximum absolute atomic E-state index is 2.41. The van der Waals surface area contributed by atoms with Gasteiger partial charge in [-0.05, 0) is 48.2 Å². The summed E-state index contributed by atoms with van der Waals surface area (Å²) in [6, 6.07) is 24.4. The third kappa shape index (κ3) is 2.24.